The van der Waals surface area contributed by atoms with Gasteiger partial charge in [-0.25, -0.2) is 15.0 Å². The number of rotatable bonds is 17. The van der Waals surface area contributed by atoms with Gasteiger partial charge in [0.15, 0.2) is 11.6 Å². The number of Topliss-reactive ketones (excluding diaryl/α,β-unsaturated/α-hetero) is 2. The summed E-state index contributed by atoms with van der Waals surface area (Å²) in [5, 5.41) is 22.4. The van der Waals surface area contributed by atoms with Crippen molar-refractivity contribution in [3.8, 4) is 33.8 Å². The van der Waals surface area contributed by atoms with E-state index < -0.39 is 18.0 Å². The summed E-state index contributed by atoms with van der Waals surface area (Å²) >= 11 is 5.10. The first-order valence-corrected chi connectivity index (χ1v) is 37.2. The Bertz CT molecular complexity index is 3810. The molecule has 546 valence electrons. The summed E-state index contributed by atoms with van der Waals surface area (Å²) in [6, 6.07) is 39.9. The van der Waals surface area contributed by atoms with Crippen LogP contribution in [0, 0.1) is 0 Å². The molecule has 17 nitrogen and oxygen atoms in total. The number of ketones is 2. The second-order valence-electron chi connectivity index (χ2n) is 32.4. The molecule has 3 aliphatic heterocycles. The number of aliphatic hydroxyl groups excluding tert-OH is 2. The van der Waals surface area contributed by atoms with Crippen LogP contribution in [-0.4, -0.2) is 183 Å². The molecule has 3 aromatic carbocycles. The molecule has 0 saturated carbocycles. The number of benzene rings is 3. The monoisotopic (exact) mass is 1400 g/mol. The van der Waals surface area contributed by atoms with E-state index in [1.165, 1.54) is 103 Å². The van der Waals surface area contributed by atoms with Gasteiger partial charge in [0, 0.05) is 108 Å². The van der Waals surface area contributed by atoms with E-state index in [1.807, 2.05) is 0 Å². The van der Waals surface area contributed by atoms with Gasteiger partial charge in [-0.1, -0.05) is 138 Å². The number of aliphatic hydroxyl groups is 2. The molecule has 3 aromatic heterocycles. The van der Waals surface area contributed by atoms with E-state index in [-0.39, 0.29) is 75.9 Å². The average molecular weight is 1400 g/mol. The second kappa shape index (κ2) is 33.5. The van der Waals surface area contributed by atoms with Crippen LogP contribution < -0.4 is 20.0 Å². The minimum atomic E-state index is -0.541. The summed E-state index contributed by atoms with van der Waals surface area (Å²) in [7, 11) is 2.53. The van der Waals surface area contributed by atoms with E-state index in [9.17, 15) is 24.3 Å². The minimum absolute atomic E-state index is 0.0369. The molecular formula is C83H114ClN9O8. The predicted octanol–water partition coefficient (Wildman–Crippen LogP) is 13.2. The van der Waals surface area contributed by atoms with Crippen molar-refractivity contribution >= 4 is 52.6 Å². The smallest absolute Gasteiger partial charge is 0.313 e. The molecule has 0 spiro atoms. The lowest BCUT2D eigenvalue weighted by Crippen LogP contribution is -2.48. The van der Waals surface area contributed by atoms with Crippen molar-refractivity contribution in [2.45, 2.75) is 179 Å². The summed E-state index contributed by atoms with van der Waals surface area (Å²) < 4.78 is 8.79. The molecule has 18 heteroatoms. The third-order valence-corrected chi connectivity index (χ3v) is 22.4. The lowest BCUT2D eigenvalue weighted by atomic mass is 9.63. The van der Waals surface area contributed by atoms with Crippen LogP contribution in [0.3, 0.4) is 0 Å². The number of carbonyl (C=O) groups excluding carboxylic acids is 4. The summed E-state index contributed by atoms with van der Waals surface area (Å²) in [6.07, 6.45) is 6.94. The molecular weight excluding hydrogens is 1290 g/mol. The Morgan fingerprint density at radius 3 is 1.12 bits per heavy atom. The molecule has 0 amide bonds. The Morgan fingerprint density at radius 2 is 0.782 bits per heavy atom. The van der Waals surface area contributed by atoms with Crippen LogP contribution in [0.25, 0.3) is 33.8 Å². The molecule has 6 aromatic rings. The maximum absolute atomic E-state index is 12.1. The largest absolute Gasteiger partial charge is 0.469 e. The highest BCUT2D eigenvalue weighted by molar-refractivity contribution is 6.28. The number of ether oxygens (including phenoxy) is 2. The standard InChI is InChI=1S/C28H37N3O3.C27H39N3O2.C23H31N3.C5H7ClO3/c1-27(2)11-12-28(3,4)23-17-20(9-10-22(23)27)24-7-6-8-25(29-24)31-15-13-30(14-16-31)19-21(32)18-26(33)34-5;1-26(2)11-12-27(3,4)23-18-20(8-9-22(23)26)24-6-5-7-25(28-24)30-15-13-29(14-16-30)19-21(32)10-17-31;1-22(2)10-11-23(3,4)19-16-17(8-9-18(19)22)20-6-5-7-21(25-20)26-14-12-24-13-15-26;1-9-5(8)2-4(7)3-6/h6-10,17H,11-16,18-19H2,1-5H3;5-9,18,21,31-32H,10-17,19H2,1-4H3;5-9,16,24H,10-15H2,1-4H3;2-3H2,1H3. The van der Waals surface area contributed by atoms with Gasteiger partial charge in [0.2, 0.25) is 0 Å². The number of methoxy groups -OCH3 is 2. The first-order chi connectivity index (χ1) is 47.8. The highest BCUT2D eigenvalue weighted by atomic mass is 35.5. The van der Waals surface area contributed by atoms with Crippen LogP contribution >= 0.6 is 11.6 Å². The highest BCUT2D eigenvalue weighted by Gasteiger charge is 2.40. The van der Waals surface area contributed by atoms with Gasteiger partial charge in [-0.3, -0.25) is 29.0 Å². The van der Waals surface area contributed by atoms with Gasteiger partial charge in [0.1, 0.15) is 30.3 Å². The number of β-amino-alcohol motifs (C(OH)–C–C–N with tert-alkyl or cyclic N) is 1. The van der Waals surface area contributed by atoms with Crippen molar-refractivity contribution < 1.29 is 38.9 Å². The lowest BCUT2D eigenvalue weighted by Gasteiger charge is -2.42. The highest BCUT2D eigenvalue weighted by Crippen LogP contribution is 2.50. The number of hydrogen-bond acceptors (Lipinski definition) is 17. The zero-order chi connectivity index (χ0) is 73.1. The normalized spacial score (nSPS) is 19.5. The van der Waals surface area contributed by atoms with Gasteiger partial charge in [-0.05, 0) is 165 Å². The van der Waals surface area contributed by atoms with Gasteiger partial charge in [-0.15, -0.1) is 11.6 Å². The van der Waals surface area contributed by atoms with Gasteiger partial charge < -0.3 is 39.7 Å². The number of halogens is 1. The van der Waals surface area contributed by atoms with Gasteiger partial charge >= 0.3 is 11.9 Å². The van der Waals surface area contributed by atoms with Gasteiger partial charge in [-0.2, -0.15) is 0 Å². The van der Waals surface area contributed by atoms with Gasteiger partial charge in [0.05, 0.1) is 49.8 Å². The number of hydrogen-bond donors (Lipinski definition) is 3. The maximum atomic E-state index is 12.1. The third kappa shape index (κ3) is 20.0. The van der Waals surface area contributed by atoms with Crippen molar-refractivity contribution in [2.24, 2.45) is 0 Å². The Morgan fingerprint density at radius 1 is 0.455 bits per heavy atom. The number of alkyl halides is 1. The van der Waals surface area contributed by atoms with Crippen molar-refractivity contribution in [1.82, 2.24) is 30.1 Å². The van der Waals surface area contributed by atoms with Crippen LogP contribution in [0.15, 0.2) is 109 Å². The number of pyridine rings is 3. The van der Waals surface area contributed by atoms with E-state index in [0.717, 1.165) is 113 Å². The van der Waals surface area contributed by atoms with Crippen molar-refractivity contribution in [1.29, 1.82) is 0 Å². The molecule has 3 fully saturated rings. The predicted molar refractivity (Wildman–Crippen MR) is 409 cm³/mol. The third-order valence-electron chi connectivity index (χ3n) is 22.1. The summed E-state index contributed by atoms with van der Waals surface area (Å²) in [5.74, 6) is 1.53. The Balaban J connectivity index is 0.000000167. The molecule has 3 saturated heterocycles. The van der Waals surface area contributed by atoms with Crippen LogP contribution in [0.5, 0.6) is 0 Å². The van der Waals surface area contributed by atoms with E-state index in [0.29, 0.717) is 13.0 Å². The number of piperazine rings is 3. The molecule has 0 bridgehead atoms. The van der Waals surface area contributed by atoms with E-state index in [4.69, 9.17) is 31.7 Å². The Labute approximate surface area is 607 Å². The quantitative estimate of drug-likeness (QED) is 0.0443. The molecule has 3 N–H and O–H groups in total. The van der Waals surface area contributed by atoms with E-state index in [2.05, 4.69) is 232 Å². The molecule has 1 unspecified atom stereocenters. The number of esters is 2. The van der Waals surface area contributed by atoms with Crippen molar-refractivity contribution in [3.63, 3.8) is 0 Å². The number of anilines is 3. The fourth-order valence-electron chi connectivity index (χ4n) is 15.1. The Kier molecular flexibility index (Phi) is 25.9. The first kappa shape index (κ1) is 78.0. The molecule has 3 aliphatic carbocycles. The summed E-state index contributed by atoms with van der Waals surface area (Å²) in [6.45, 7) is 40.2. The number of nitrogens with one attached hydrogen (secondary N) is 1. The number of carbonyl (C=O) groups is 4. The second-order valence-corrected chi connectivity index (χ2v) is 32.7. The molecule has 12 rings (SSSR count). The van der Waals surface area contributed by atoms with Crippen LogP contribution in [0.1, 0.15) is 174 Å². The van der Waals surface area contributed by atoms with E-state index >= 15 is 0 Å². The lowest BCUT2D eigenvalue weighted by molar-refractivity contribution is -0.144. The molecule has 6 heterocycles. The fraction of sp³-hybridized carbons (Fsp3) is 0.554. The fourth-order valence-corrected chi connectivity index (χ4v) is 15.2. The minimum Gasteiger partial charge on any atom is -0.469 e. The average Bonchev–Trinajstić information content (AvgIpc) is 0.765. The molecule has 6 aliphatic rings. The van der Waals surface area contributed by atoms with Crippen LogP contribution in [0.2, 0.25) is 0 Å². The van der Waals surface area contributed by atoms with Gasteiger partial charge in [0.25, 0.3) is 0 Å². The Hall–Kier alpha value is -7.12. The zero-order valence-corrected chi connectivity index (χ0v) is 63.7. The summed E-state index contributed by atoms with van der Waals surface area (Å²) in [5.41, 5.74) is 16.9. The summed E-state index contributed by atoms with van der Waals surface area (Å²) in [4.78, 5) is 70.4. The SMILES string of the molecule is CC1(C)CCC(C)(C)c2cc(-c3cccc(N4CCN(CC(O)CCO)CC4)n3)ccc21.CC1(C)CCC(C)(C)c2cc(-c3cccc(N4CCNCC4)n3)ccc21.COC(=O)CC(=O)CCl.COC(=O)CC(=O)CN1CCN(c2cccc(-c3ccc4c(c3)C(C)(C)CCC4(C)C)n2)CC1. The van der Waals surface area contributed by atoms with Crippen LogP contribution in [-0.2, 0) is 61.1 Å². The molecule has 101 heavy (non-hydrogen) atoms. The number of fused-ring (bicyclic) bond motifs is 3. The van der Waals surface area contributed by atoms with Crippen molar-refractivity contribution in [2.75, 3.05) is 133 Å². The number of aromatic nitrogens is 3. The maximum Gasteiger partial charge on any atom is 0.313 e. The van der Waals surface area contributed by atoms with Crippen molar-refractivity contribution in [3.05, 3.63) is 143 Å². The molecule has 1 atom stereocenters. The van der Waals surface area contributed by atoms with E-state index in [1.54, 1.807) is 0 Å². The number of nitrogens with zero attached hydrogens (tertiary/aromatic N) is 8. The van der Waals surface area contributed by atoms with Crippen LogP contribution in [0.4, 0.5) is 17.5 Å². The first-order valence-electron chi connectivity index (χ1n) is 36.7. The topological polar surface area (TPSA) is 194 Å². The zero-order valence-electron chi connectivity index (χ0n) is 62.9. The molecule has 0 radical (unpaired) electrons.